The Morgan fingerprint density at radius 2 is 2.12 bits per heavy atom. The van der Waals surface area contributed by atoms with E-state index in [0.29, 0.717) is 23.3 Å². The highest BCUT2D eigenvalue weighted by molar-refractivity contribution is 6.32. The fraction of sp³-hybridized carbons (Fsp3) is 0.583. The summed E-state index contributed by atoms with van der Waals surface area (Å²) < 4.78 is 0. The van der Waals surface area contributed by atoms with Crippen molar-refractivity contribution in [3.63, 3.8) is 0 Å². The van der Waals surface area contributed by atoms with E-state index in [-0.39, 0.29) is 6.04 Å². The first kappa shape index (κ1) is 13.3. The maximum atomic E-state index is 6.10. The van der Waals surface area contributed by atoms with Gasteiger partial charge in [-0.15, -0.1) is 0 Å². The Balaban J connectivity index is 2.48. The molecule has 0 bridgehead atoms. The molecule has 0 amide bonds. The molecule has 1 aromatic rings. The quantitative estimate of drug-likeness (QED) is 0.805. The van der Waals surface area contributed by atoms with Gasteiger partial charge in [-0.25, -0.2) is 4.98 Å². The zero-order valence-corrected chi connectivity index (χ0v) is 10.7. The topological polar surface area (TPSA) is 50.9 Å². The standard InChI is InChI=1S/C12H20ClN3/c1-3-9(4-2)11(14)8-16-12-10(13)6-5-7-15-12/h5-7,9,11H,3-4,8,14H2,1-2H3,(H,15,16). The first-order valence-electron chi connectivity index (χ1n) is 5.79. The van der Waals surface area contributed by atoms with Crippen molar-refractivity contribution in [1.82, 2.24) is 4.98 Å². The second-order valence-corrected chi connectivity index (χ2v) is 4.36. The summed E-state index contributed by atoms with van der Waals surface area (Å²) in [5.74, 6) is 1.26. The van der Waals surface area contributed by atoms with Crippen molar-refractivity contribution >= 4 is 17.4 Å². The summed E-state index contributed by atoms with van der Waals surface area (Å²) in [7, 11) is 0. The molecule has 0 aromatic carbocycles. The lowest BCUT2D eigenvalue weighted by Gasteiger charge is -2.21. The van der Waals surface area contributed by atoms with Crippen molar-refractivity contribution in [2.75, 3.05) is 11.9 Å². The second-order valence-electron chi connectivity index (χ2n) is 3.96. The third-order valence-corrected chi connectivity index (χ3v) is 3.22. The smallest absolute Gasteiger partial charge is 0.144 e. The Morgan fingerprint density at radius 1 is 1.44 bits per heavy atom. The summed E-state index contributed by atoms with van der Waals surface area (Å²) in [6, 6.07) is 3.78. The lowest BCUT2D eigenvalue weighted by Crippen LogP contribution is -2.36. The van der Waals surface area contributed by atoms with E-state index in [1.54, 1.807) is 6.20 Å². The van der Waals surface area contributed by atoms with E-state index in [0.717, 1.165) is 12.8 Å². The Morgan fingerprint density at radius 3 is 2.69 bits per heavy atom. The van der Waals surface area contributed by atoms with Crippen LogP contribution in [0.25, 0.3) is 0 Å². The molecule has 1 atom stereocenters. The monoisotopic (exact) mass is 241 g/mol. The molecular weight excluding hydrogens is 222 g/mol. The molecule has 3 N–H and O–H groups in total. The van der Waals surface area contributed by atoms with Crippen molar-refractivity contribution in [3.05, 3.63) is 23.4 Å². The molecule has 0 aliphatic carbocycles. The summed E-state index contributed by atoms with van der Waals surface area (Å²) >= 11 is 5.99. The molecule has 0 fully saturated rings. The van der Waals surface area contributed by atoms with E-state index >= 15 is 0 Å². The van der Waals surface area contributed by atoms with E-state index in [1.165, 1.54) is 0 Å². The van der Waals surface area contributed by atoms with Crippen LogP contribution in [0.3, 0.4) is 0 Å². The van der Waals surface area contributed by atoms with Crippen molar-refractivity contribution < 1.29 is 0 Å². The van der Waals surface area contributed by atoms with Crippen LogP contribution in [0.2, 0.25) is 5.02 Å². The number of anilines is 1. The Bertz CT molecular complexity index is 313. The van der Waals surface area contributed by atoms with Crippen LogP contribution < -0.4 is 11.1 Å². The van der Waals surface area contributed by atoms with Gasteiger partial charge in [0.25, 0.3) is 0 Å². The minimum Gasteiger partial charge on any atom is -0.367 e. The van der Waals surface area contributed by atoms with Gasteiger partial charge in [-0.2, -0.15) is 0 Å². The minimum atomic E-state index is 0.146. The Kier molecular flexibility index (Phi) is 5.56. The van der Waals surface area contributed by atoms with Crippen LogP contribution in [0.15, 0.2) is 18.3 Å². The number of nitrogens with two attached hydrogens (primary N) is 1. The van der Waals surface area contributed by atoms with Crippen LogP contribution >= 0.6 is 11.6 Å². The molecular formula is C12H20ClN3. The maximum absolute atomic E-state index is 6.10. The predicted octanol–water partition coefficient (Wildman–Crippen LogP) is 2.91. The average Bonchev–Trinajstić information content (AvgIpc) is 2.29. The van der Waals surface area contributed by atoms with Crippen molar-refractivity contribution in [2.45, 2.75) is 32.7 Å². The number of nitrogens with one attached hydrogen (secondary N) is 1. The Hall–Kier alpha value is -0.800. The van der Waals surface area contributed by atoms with Crippen LogP contribution in [0.1, 0.15) is 26.7 Å². The summed E-state index contributed by atoms with van der Waals surface area (Å²) in [5, 5.41) is 3.83. The van der Waals surface area contributed by atoms with Gasteiger partial charge in [0.1, 0.15) is 5.82 Å². The Labute approximate surface area is 102 Å². The lowest BCUT2D eigenvalue weighted by atomic mass is 9.95. The number of pyridine rings is 1. The molecule has 3 nitrogen and oxygen atoms in total. The molecule has 0 saturated carbocycles. The van der Waals surface area contributed by atoms with Crippen molar-refractivity contribution in [1.29, 1.82) is 0 Å². The summed E-state index contributed by atoms with van der Waals surface area (Å²) in [5.41, 5.74) is 6.10. The number of nitrogens with zero attached hydrogens (tertiary/aromatic N) is 1. The highest BCUT2D eigenvalue weighted by Gasteiger charge is 2.14. The fourth-order valence-corrected chi connectivity index (χ4v) is 1.98. The number of hydrogen-bond acceptors (Lipinski definition) is 3. The summed E-state index contributed by atoms with van der Waals surface area (Å²) in [6.45, 7) is 5.05. The molecule has 1 rings (SSSR count). The zero-order valence-electron chi connectivity index (χ0n) is 9.91. The second kappa shape index (κ2) is 6.71. The molecule has 0 saturated heterocycles. The highest BCUT2D eigenvalue weighted by atomic mass is 35.5. The van der Waals surface area contributed by atoms with E-state index in [2.05, 4.69) is 24.1 Å². The first-order valence-corrected chi connectivity index (χ1v) is 6.16. The van der Waals surface area contributed by atoms with Crippen LogP contribution in [0.4, 0.5) is 5.82 Å². The molecule has 1 aromatic heterocycles. The van der Waals surface area contributed by atoms with Gasteiger partial charge in [-0.1, -0.05) is 38.3 Å². The minimum absolute atomic E-state index is 0.146. The van der Waals surface area contributed by atoms with Gasteiger partial charge in [0.05, 0.1) is 5.02 Å². The van der Waals surface area contributed by atoms with Crippen molar-refractivity contribution in [2.24, 2.45) is 11.7 Å². The maximum Gasteiger partial charge on any atom is 0.144 e. The number of rotatable bonds is 6. The molecule has 1 unspecified atom stereocenters. The highest BCUT2D eigenvalue weighted by Crippen LogP contribution is 2.18. The van der Waals surface area contributed by atoms with Gasteiger partial charge >= 0.3 is 0 Å². The van der Waals surface area contributed by atoms with E-state index in [9.17, 15) is 0 Å². The SMILES string of the molecule is CCC(CC)C(N)CNc1ncccc1Cl. The molecule has 4 heteroatoms. The van der Waals surface area contributed by atoms with E-state index < -0.39 is 0 Å². The van der Waals surface area contributed by atoms with Gasteiger partial charge in [-0.3, -0.25) is 0 Å². The normalized spacial score (nSPS) is 12.8. The summed E-state index contributed by atoms with van der Waals surface area (Å²) in [4.78, 5) is 4.16. The molecule has 1 heterocycles. The van der Waals surface area contributed by atoms with Gasteiger partial charge in [-0.05, 0) is 18.1 Å². The molecule has 90 valence electrons. The van der Waals surface area contributed by atoms with Crippen LogP contribution in [0.5, 0.6) is 0 Å². The third kappa shape index (κ3) is 3.65. The molecule has 0 aliphatic rings. The van der Waals surface area contributed by atoms with Crippen molar-refractivity contribution in [3.8, 4) is 0 Å². The largest absolute Gasteiger partial charge is 0.367 e. The van der Waals surface area contributed by atoms with Crippen LogP contribution in [0, 0.1) is 5.92 Å². The number of hydrogen-bond donors (Lipinski definition) is 2. The fourth-order valence-electron chi connectivity index (χ4n) is 1.79. The van der Waals surface area contributed by atoms with Gasteiger partial charge in [0, 0.05) is 18.8 Å². The molecule has 16 heavy (non-hydrogen) atoms. The predicted molar refractivity (Wildman–Crippen MR) is 69.8 cm³/mol. The number of halogens is 1. The van der Waals surface area contributed by atoms with Gasteiger partial charge in [0.2, 0.25) is 0 Å². The average molecular weight is 242 g/mol. The summed E-state index contributed by atoms with van der Waals surface area (Å²) in [6.07, 6.45) is 3.93. The zero-order chi connectivity index (χ0) is 12.0. The lowest BCUT2D eigenvalue weighted by molar-refractivity contribution is 0.407. The first-order chi connectivity index (χ1) is 7.69. The van der Waals surface area contributed by atoms with E-state index in [4.69, 9.17) is 17.3 Å². The van der Waals surface area contributed by atoms with E-state index in [1.807, 2.05) is 12.1 Å². The van der Waals surface area contributed by atoms with Crippen LogP contribution in [-0.4, -0.2) is 17.6 Å². The molecule has 0 spiro atoms. The van der Waals surface area contributed by atoms with Gasteiger partial charge in [0.15, 0.2) is 0 Å². The van der Waals surface area contributed by atoms with Crippen LogP contribution in [-0.2, 0) is 0 Å². The number of aromatic nitrogens is 1. The molecule has 0 radical (unpaired) electrons. The molecule has 0 aliphatic heterocycles. The van der Waals surface area contributed by atoms with Gasteiger partial charge < -0.3 is 11.1 Å². The third-order valence-electron chi connectivity index (χ3n) is 2.92.